The van der Waals surface area contributed by atoms with Crippen LogP contribution in [-0.2, 0) is 6.54 Å². The summed E-state index contributed by atoms with van der Waals surface area (Å²) >= 11 is 0. The summed E-state index contributed by atoms with van der Waals surface area (Å²) in [7, 11) is 0. The second-order valence-corrected chi connectivity index (χ2v) is 4.99. The van der Waals surface area contributed by atoms with Crippen molar-refractivity contribution in [2.45, 2.75) is 12.6 Å². The Morgan fingerprint density at radius 3 is 2.71 bits per heavy atom. The Morgan fingerprint density at radius 2 is 2.10 bits per heavy atom. The van der Waals surface area contributed by atoms with Gasteiger partial charge >= 0.3 is 5.97 Å². The van der Waals surface area contributed by atoms with E-state index in [4.69, 9.17) is 5.11 Å². The molecule has 21 heavy (non-hydrogen) atoms. The van der Waals surface area contributed by atoms with Gasteiger partial charge in [-0.3, -0.25) is 4.90 Å². The van der Waals surface area contributed by atoms with Gasteiger partial charge in [0.25, 0.3) is 0 Å². The second-order valence-electron chi connectivity index (χ2n) is 4.99. The van der Waals surface area contributed by atoms with E-state index in [1.807, 2.05) is 4.90 Å². The summed E-state index contributed by atoms with van der Waals surface area (Å²) in [5.41, 5.74) is 0.603. The molecule has 1 fully saturated rings. The summed E-state index contributed by atoms with van der Waals surface area (Å²) in [6.07, 6.45) is 1.39. The van der Waals surface area contributed by atoms with Crippen molar-refractivity contribution >= 4 is 5.97 Å². The van der Waals surface area contributed by atoms with Crippen LogP contribution in [0.2, 0.25) is 0 Å². The molecule has 0 amide bonds. The van der Waals surface area contributed by atoms with Crippen LogP contribution in [0.5, 0.6) is 0 Å². The standard InChI is InChI=1S/C13H12F2N4O2/c14-10-2-1-8(3-11(10)15)4-18-5-9(6-18)19-7-12(13(20)21)16-17-19/h1-3,7,9H,4-6H2,(H,20,21). The van der Waals surface area contributed by atoms with E-state index in [1.54, 1.807) is 6.07 Å². The first-order valence-electron chi connectivity index (χ1n) is 6.34. The van der Waals surface area contributed by atoms with E-state index >= 15 is 0 Å². The molecule has 0 saturated carbocycles. The topological polar surface area (TPSA) is 71.2 Å². The van der Waals surface area contributed by atoms with Crippen molar-refractivity contribution in [3.8, 4) is 0 Å². The number of benzene rings is 1. The highest BCUT2D eigenvalue weighted by molar-refractivity contribution is 5.84. The van der Waals surface area contributed by atoms with Crippen LogP contribution in [-0.4, -0.2) is 44.1 Å². The van der Waals surface area contributed by atoms with Gasteiger partial charge in [-0.1, -0.05) is 11.3 Å². The van der Waals surface area contributed by atoms with Crippen molar-refractivity contribution in [1.82, 2.24) is 19.9 Å². The summed E-state index contributed by atoms with van der Waals surface area (Å²) in [5.74, 6) is -2.82. The number of carboxylic acids is 1. The molecule has 0 spiro atoms. The first kappa shape index (κ1) is 13.6. The summed E-state index contributed by atoms with van der Waals surface area (Å²) in [6, 6.07) is 3.89. The predicted molar refractivity (Wildman–Crippen MR) is 67.7 cm³/mol. The zero-order valence-electron chi connectivity index (χ0n) is 10.9. The zero-order valence-corrected chi connectivity index (χ0v) is 10.9. The number of halogens is 2. The minimum atomic E-state index is -1.11. The molecule has 0 atom stereocenters. The van der Waals surface area contributed by atoms with E-state index in [-0.39, 0.29) is 11.7 Å². The van der Waals surface area contributed by atoms with Crippen LogP contribution in [0, 0.1) is 11.6 Å². The maximum Gasteiger partial charge on any atom is 0.358 e. The van der Waals surface area contributed by atoms with Gasteiger partial charge in [-0.25, -0.2) is 18.3 Å². The van der Waals surface area contributed by atoms with Crippen molar-refractivity contribution in [2.75, 3.05) is 13.1 Å². The van der Waals surface area contributed by atoms with Crippen molar-refractivity contribution < 1.29 is 18.7 Å². The number of likely N-dealkylation sites (tertiary alicyclic amines) is 1. The molecule has 6 nitrogen and oxygen atoms in total. The molecular weight excluding hydrogens is 282 g/mol. The highest BCUT2D eigenvalue weighted by Crippen LogP contribution is 2.23. The highest BCUT2D eigenvalue weighted by atomic mass is 19.2. The van der Waals surface area contributed by atoms with Crippen molar-refractivity contribution in [3.05, 3.63) is 47.3 Å². The summed E-state index contributed by atoms with van der Waals surface area (Å²) in [4.78, 5) is 12.7. The van der Waals surface area contributed by atoms with E-state index in [0.29, 0.717) is 25.2 Å². The number of carboxylic acid groups (broad SMARTS) is 1. The van der Waals surface area contributed by atoms with Gasteiger partial charge in [0.05, 0.1) is 12.2 Å². The van der Waals surface area contributed by atoms with Gasteiger partial charge < -0.3 is 5.11 Å². The highest BCUT2D eigenvalue weighted by Gasteiger charge is 2.29. The molecule has 2 aromatic rings. The Morgan fingerprint density at radius 1 is 1.33 bits per heavy atom. The van der Waals surface area contributed by atoms with Crippen molar-refractivity contribution in [2.24, 2.45) is 0 Å². The van der Waals surface area contributed by atoms with Crippen molar-refractivity contribution in [1.29, 1.82) is 0 Å². The second kappa shape index (κ2) is 5.21. The van der Waals surface area contributed by atoms with Gasteiger partial charge in [-0.2, -0.15) is 0 Å². The largest absolute Gasteiger partial charge is 0.476 e. The maximum absolute atomic E-state index is 13.1. The van der Waals surface area contributed by atoms with Crippen LogP contribution in [0.3, 0.4) is 0 Å². The smallest absolute Gasteiger partial charge is 0.358 e. The average Bonchev–Trinajstić information content (AvgIpc) is 2.87. The zero-order chi connectivity index (χ0) is 15.0. The first-order valence-corrected chi connectivity index (χ1v) is 6.34. The minimum absolute atomic E-state index is 0.0518. The molecule has 1 aliphatic heterocycles. The Bertz CT molecular complexity index is 683. The van der Waals surface area contributed by atoms with Gasteiger partial charge in [0.15, 0.2) is 17.3 Å². The van der Waals surface area contributed by atoms with Gasteiger partial charge in [0.1, 0.15) is 0 Å². The number of nitrogens with zero attached hydrogens (tertiary/aromatic N) is 4. The predicted octanol–water partition coefficient (Wildman–Crippen LogP) is 1.31. The fourth-order valence-electron chi connectivity index (χ4n) is 2.29. The third kappa shape index (κ3) is 2.75. The van der Waals surface area contributed by atoms with Crippen molar-refractivity contribution in [3.63, 3.8) is 0 Å². The third-order valence-corrected chi connectivity index (χ3v) is 3.43. The minimum Gasteiger partial charge on any atom is -0.476 e. The van der Waals surface area contributed by atoms with E-state index < -0.39 is 17.6 Å². The van der Waals surface area contributed by atoms with Crippen LogP contribution in [0.15, 0.2) is 24.4 Å². The molecule has 2 heterocycles. The molecule has 0 unspecified atom stereocenters. The van der Waals surface area contributed by atoms with Gasteiger partial charge in [0.2, 0.25) is 0 Å². The van der Waals surface area contributed by atoms with E-state index in [1.165, 1.54) is 16.9 Å². The van der Waals surface area contributed by atoms with Gasteiger partial charge in [-0.05, 0) is 17.7 Å². The molecule has 1 N–H and O–H groups in total. The number of aromatic nitrogens is 3. The van der Waals surface area contributed by atoms with Crippen LogP contribution in [0.4, 0.5) is 8.78 Å². The number of rotatable bonds is 4. The van der Waals surface area contributed by atoms with E-state index in [2.05, 4.69) is 10.3 Å². The monoisotopic (exact) mass is 294 g/mol. The first-order chi connectivity index (χ1) is 10.0. The molecule has 1 aromatic heterocycles. The molecule has 1 saturated heterocycles. The Labute approximate surface area is 118 Å². The molecule has 8 heteroatoms. The molecule has 110 valence electrons. The van der Waals surface area contributed by atoms with Gasteiger partial charge in [-0.15, -0.1) is 5.10 Å². The normalized spacial score (nSPS) is 15.9. The Kier molecular flexibility index (Phi) is 3.38. The molecule has 1 aliphatic rings. The number of hydrogen-bond acceptors (Lipinski definition) is 4. The molecule has 0 radical (unpaired) electrons. The van der Waals surface area contributed by atoms with Crippen LogP contribution < -0.4 is 0 Å². The Hall–Kier alpha value is -2.35. The lowest BCUT2D eigenvalue weighted by atomic mass is 10.1. The Balaban J connectivity index is 1.57. The SMILES string of the molecule is O=C(O)c1cn(C2CN(Cc3ccc(F)c(F)c3)C2)nn1. The third-order valence-electron chi connectivity index (χ3n) is 3.43. The van der Waals surface area contributed by atoms with Crippen LogP contribution >= 0.6 is 0 Å². The number of hydrogen-bond donors (Lipinski definition) is 1. The van der Waals surface area contributed by atoms with E-state index in [9.17, 15) is 13.6 Å². The number of aromatic carboxylic acids is 1. The molecular formula is C13H12F2N4O2. The lowest BCUT2D eigenvalue weighted by molar-refractivity contribution is 0.0690. The summed E-state index contributed by atoms with van der Waals surface area (Å²) in [5, 5.41) is 16.1. The van der Waals surface area contributed by atoms with Crippen LogP contribution in [0.1, 0.15) is 22.1 Å². The van der Waals surface area contributed by atoms with Crippen LogP contribution in [0.25, 0.3) is 0 Å². The van der Waals surface area contributed by atoms with E-state index in [0.717, 1.165) is 6.07 Å². The fraction of sp³-hybridized carbons (Fsp3) is 0.308. The number of carbonyl (C=O) groups is 1. The fourth-order valence-corrected chi connectivity index (χ4v) is 2.29. The molecule has 0 aliphatic carbocycles. The summed E-state index contributed by atoms with van der Waals surface area (Å²) < 4.78 is 27.4. The maximum atomic E-state index is 13.1. The molecule has 0 bridgehead atoms. The van der Waals surface area contributed by atoms with Gasteiger partial charge in [0, 0.05) is 19.6 Å². The molecule has 3 rings (SSSR count). The quantitative estimate of drug-likeness (QED) is 0.920. The lowest BCUT2D eigenvalue weighted by Crippen LogP contribution is -2.47. The summed E-state index contributed by atoms with van der Waals surface area (Å²) in [6.45, 7) is 1.82. The average molecular weight is 294 g/mol. The lowest BCUT2D eigenvalue weighted by Gasteiger charge is -2.38. The molecule has 1 aromatic carbocycles.